The quantitative estimate of drug-likeness (QED) is 0.879. The second-order valence-electron chi connectivity index (χ2n) is 4.64. The summed E-state index contributed by atoms with van der Waals surface area (Å²) in [4.78, 5) is 27.5. The number of amides is 2. The van der Waals surface area contributed by atoms with Crippen LogP contribution in [0.4, 0.5) is 11.4 Å². The summed E-state index contributed by atoms with van der Waals surface area (Å²) < 4.78 is 5.23. The SMILES string of the molecule is CCOc1ccc(C(=O)Nc2cc(Cl)ccc2NC(C)=O)cn1. The molecule has 23 heavy (non-hydrogen) atoms. The van der Waals surface area contributed by atoms with Crippen molar-refractivity contribution in [3.63, 3.8) is 0 Å². The van der Waals surface area contributed by atoms with Crippen LogP contribution < -0.4 is 15.4 Å². The minimum Gasteiger partial charge on any atom is -0.478 e. The summed E-state index contributed by atoms with van der Waals surface area (Å²) in [5.74, 6) is -0.161. The molecule has 0 unspecified atom stereocenters. The first-order chi connectivity index (χ1) is 11.0. The molecule has 2 rings (SSSR count). The standard InChI is InChI=1S/C16H16ClN3O3/c1-3-23-15-7-4-11(9-18-15)16(22)20-14-8-12(17)5-6-13(14)19-10(2)21/h4-9H,3H2,1-2H3,(H,19,21)(H,20,22). The molecule has 0 aliphatic heterocycles. The fourth-order valence-corrected chi connectivity index (χ4v) is 2.03. The first kappa shape index (κ1) is 16.8. The second kappa shape index (κ2) is 7.60. The van der Waals surface area contributed by atoms with Crippen LogP contribution in [0.1, 0.15) is 24.2 Å². The van der Waals surface area contributed by atoms with Crippen LogP contribution in [0.5, 0.6) is 5.88 Å². The van der Waals surface area contributed by atoms with Crippen LogP contribution in [0.15, 0.2) is 36.5 Å². The zero-order valence-corrected chi connectivity index (χ0v) is 13.5. The zero-order valence-electron chi connectivity index (χ0n) is 12.7. The van der Waals surface area contributed by atoms with Crippen molar-refractivity contribution in [1.82, 2.24) is 4.98 Å². The van der Waals surface area contributed by atoms with Gasteiger partial charge in [-0.15, -0.1) is 0 Å². The number of anilines is 2. The average molecular weight is 334 g/mol. The van der Waals surface area contributed by atoms with E-state index in [9.17, 15) is 9.59 Å². The summed E-state index contributed by atoms with van der Waals surface area (Å²) in [6, 6.07) is 8.03. The number of nitrogens with zero attached hydrogens (tertiary/aromatic N) is 1. The summed E-state index contributed by atoms with van der Waals surface area (Å²) >= 11 is 5.95. The second-order valence-corrected chi connectivity index (χ2v) is 5.08. The maximum Gasteiger partial charge on any atom is 0.257 e. The first-order valence-corrected chi connectivity index (χ1v) is 7.34. The summed E-state index contributed by atoms with van der Waals surface area (Å²) in [5.41, 5.74) is 1.24. The van der Waals surface area contributed by atoms with Gasteiger partial charge in [0.2, 0.25) is 11.8 Å². The highest BCUT2D eigenvalue weighted by Gasteiger charge is 2.11. The van der Waals surface area contributed by atoms with E-state index in [1.807, 2.05) is 6.92 Å². The number of halogens is 1. The fraction of sp³-hybridized carbons (Fsp3) is 0.188. The van der Waals surface area contributed by atoms with E-state index in [0.29, 0.717) is 34.4 Å². The molecular weight excluding hydrogens is 318 g/mol. The Bertz CT molecular complexity index is 717. The van der Waals surface area contributed by atoms with E-state index in [2.05, 4.69) is 15.6 Å². The highest BCUT2D eigenvalue weighted by Crippen LogP contribution is 2.26. The number of nitrogens with one attached hydrogen (secondary N) is 2. The lowest BCUT2D eigenvalue weighted by Crippen LogP contribution is -2.15. The number of carbonyl (C=O) groups is 2. The molecule has 0 saturated carbocycles. The van der Waals surface area contributed by atoms with Gasteiger partial charge in [-0.25, -0.2) is 4.98 Å². The Labute approximate surface area is 138 Å². The Balaban J connectivity index is 2.18. The zero-order chi connectivity index (χ0) is 16.8. The molecule has 0 radical (unpaired) electrons. The predicted molar refractivity (Wildman–Crippen MR) is 89.1 cm³/mol. The van der Waals surface area contributed by atoms with E-state index >= 15 is 0 Å². The summed E-state index contributed by atoms with van der Waals surface area (Å²) in [7, 11) is 0. The normalized spacial score (nSPS) is 10.0. The topological polar surface area (TPSA) is 80.3 Å². The third-order valence-electron chi connectivity index (χ3n) is 2.83. The minimum absolute atomic E-state index is 0.245. The minimum atomic E-state index is -0.366. The molecule has 2 N–H and O–H groups in total. The molecule has 0 fully saturated rings. The monoisotopic (exact) mass is 333 g/mol. The van der Waals surface area contributed by atoms with Crippen molar-refractivity contribution in [3.05, 3.63) is 47.1 Å². The lowest BCUT2D eigenvalue weighted by Gasteiger charge is -2.12. The van der Waals surface area contributed by atoms with Gasteiger partial charge in [0, 0.05) is 24.2 Å². The van der Waals surface area contributed by atoms with Crippen LogP contribution in [0.3, 0.4) is 0 Å². The number of carbonyl (C=O) groups excluding carboxylic acids is 2. The molecule has 0 aliphatic rings. The van der Waals surface area contributed by atoms with Gasteiger partial charge in [-0.3, -0.25) is 9.59 Å². The van der Waals surface area contributed by atoms with E-state index in [1.54, 1.807) is 30.3 Å². The molecule has 7 heteroatoms. The number of rotatable bonds is 5. The Morgan fingerprint density at radius 3 is 2.57 bits per heavy atom. The van der Waals surface area contributed by atoms with Gasteiger partial charge in [0.25, 0.3) is 5.91 Å². The number of aromatic nitrogens is 1. The molecule has 1 aromatic heterocycles. The molecule has 0 atom stereocenters. The van der Waals surface area contributed by atoms with E-state index in [0.717, 1.165) is 0 Å². The molecule has 6 nitrogen and oxygen atoms in total. The number of ether oxygens (including phenoxy) is 1. The van der Waals surface area contributed by atoms with E-state index in [4.69, 9.17) is 16.3 Å². The lowest BCUT2D eigenvalue weighted by molar-refractivity contribution is -0.114. The summed E-state index contributed by atoms with van der Waals surface area (Å²) in [5, 5.41) is 5.78. The van der Waals surface area contributed by atoms with Crippen molar-refractivity contribution < 1.29 is 14.3 Å². The van der Waals surface area contributed by atoms with Crippen LogP contribution in [-0.2, 0) is 4.79 Å². The fourth-order valence-electron chi connectivity index (χ4n) is 1.86. The Hall–Kier alpha value is -2.60. The van der Waals surface area contributed by atoms with Gasteiger partial charge in [0.1, 0.15) is 0 Å². The van der Waals surface area contributed by atoms with Gasteiger partial charge in [-0.2, -0.15) is 0 Å². The highest BCUT2D eigenvalue weighted by molar-refractivity contribution is 6.31. The Morgan fingerprint density at radius 2 is 1.96 bits per heavy atom. The van der Waals surface area contributed by atoms with Crippen molar-refractivity contribution >= 4 is 34.8 Å². The number of hydrogen-bond donors (Lipinski definition) is 2. The van der Waals surface area contributed by atoms with Crippen molar-refractivity contribution in [2.45, 2.75) is 13.8 Å². The summed E-state index contributed by atoms with van der Waals surface area (Å²) in [6.45, 7) is 3.74. The maximum absolute atomic E-state index is 12.3. The molecule has 2 amide bonds. The molecular formula is C16H16ClN3O3. The van der Waals surface area contributed by atoms with Crippen LogP contribution in [0, 0.1) is 0 Å². The van der Waals surface area contributed by atoms with Crippen molar-refractivity contribution in [2.24, 2.45) is 0 Å². The van der Waals surface area contributed by atoms with Crippen LogP contribution in [0.2, 0.25) is 5.02 Å². The van der Waals surface area contributed by atoms with E-state index in [1.165, 1.54) is 13.1 Å². The van der Waals surface area contributed by atoms with Crippen molar-refractivity contribution in [1.29, 1.82) is 0 Å². The van der Waals surface area contributed by atoms with Gasteiger partial charge in [-0.1, -0.05) is 11.6 Å². The molecule has 2 aromatic rings. The van der Waals surface area contributed by atoms with Gasteiger partial charge >= 0.3 is 0 Å². The Kier molecular flexibility index (Phi) is 5.54. The molecule has 1 aromatic carbocycles. The lowest BCUT2D eigenvalue weighted by atomic mass is 10.2. The van der Waals surface area contributed by atoms with Crippen molar-refractivity contribution in [3.8, 4) is 5.88 Å². The maximum atomic E-state index is 12.3. The molecule has 1 heterocycles. The largest absolute Gasteiger partial charge is 0.478 e. The van der Waals surface area contributed by atoms with E-state index in [-0.39, 0.29) is 11.8 Å². The van der Waals surface area contributed by atoms with E-state index < -0.39 is 0 Å². The van der Waals surface area contributed by atoms with Crippen LogP contribution in [0.25, 0.3) is 0 Å². The first-order valence-electron chi connectivity index (χ1n) is 6.97. The van der Waals surface area contributed by atoms with Crippen molar-refractivity contribution in [2.75, 3.05) is 17.2 Å². The van der Waals surface area contributed by atoms with Gasteiger partial charge in [0.15, 0.2) is 0 Å². The van der Waals surface area contributed by atoms with Crippen LogP contribution >= 0.6 is 11.6 Å². The molecule has 0 aliphatic carbocycles. The molecule has 0 spiro atoms. The number of benzene rings is 1. The molecule has 0 bridgehead atoms. The number of hydrogen-bond acceptors (Lipinski definition) is 4. The molecule has 120 valence electrons. The highest BCUT2D eigenvalue weighted by atomic mass is 35.5. The third-order valence-corrected chi connectivity index (χ3v) is 3.07. The molecule has 0 saturated heterocycles. The van der Waals surface area contributed by atoms with Gasteiger partial charge < -0.3 is 15.4 Å². The predicted octanol–water partition coefficient (Wildman–Crippen LogP) is 3.34. The smallest absolute Gasteiger partial charge is 0.257 e. The number of pyridine rings is 1. The van der Waals surface area contributed by atoms with Gasteiger partial charge in [0.05, 0.1) is 23.5 Å². The van der Waals surface area contributed by atoms with Crippen LogP contribution in [-0.4, -0.2) is 23.4 Å². The third kappa shape index (κ3) is 4.69. The Morgan fingerprint density at radius 1 is 1.17 bits per heavy atom. The van der Waals surface area contributed by atoms with Gasteiger partial charge in [-0.05, 0) is 31.2 Å². The summed E-state index contributed by atoms with van der Waals surface area (Å²) in [6.07, 6.45) is 1.42. The average Bonchev–Trinajstić information content (AvgIpc) is 2.50.